The second-order valence-electron chi connectivity index (χ2n) is 6.78. The highest BCUT2D eigenvalue weighted by Gasteiger charge is 2.20. The Morgan fingerprint density at radius 2 is 1.97 bits per heavy atom. The summed E-state index contributed by atoms with van der Waals surface area (Å²) in [5.74, 6) is 0.471. The predicted molar refractivity (Wildman–Crippen MR) is 115 cm³/mol. The van der Waals surface area contributed by atoms with Crippen LogP contribution in [0.25, 0.3) is 28.7 Å². The Balaban J connectivity index is 1.71. The van der Waals surface area contributed by atoms with Crippen molar-refractivity contribution in [2.45, 2.75) is 13.8 Å². The number of ether oxygens (including phenoxy) is 2. The highest BCUT2D eigenvalue weighted by Crippen LogP contribution is 2.31. The Morgan fingerprint density at radius 1 is 1.16 bits per heavy atom. The quantitative estimate of drug-likeness (QED) is 0.418. The number of aromatic nitrogens is 4. The summed E-state index contributed by atoms with van der Waals surface area (Å²) < 4.78 is 17.4. The molecule has 0 aliphatic carbocycles. The fourth-order valence-corrected chi connectivity index (χ4v) is 3.63. The van der Waals surface area contributed by atoms with Gasteiger partial charge in [-0.3, -0.25) is 0 Å². The Morgan fingerprint density at radius 3 is 2.68 bits per heavy atom. The van der Waals surface area contributed by atoms with Crippen molar-refractivity contribution >= 4 is 17.6 Å². The van der Waals surface area contributed by atoms with Crippen LogP contribution in [-0.2, 0) is 4.74 Å². The van der Waals surface area contributed by atoms with E-state index < -0.39 is 5.97 Å². The van der Waals surface area contributed by atoms with Crippen LogP contribution in [0.15, 0.2) is 47.2 Å². The minimum atomic E-state index is -0.492. The molecule has 0 unspecified atom stereocenters. The van der Waals surface area contributed by atoms with E-state index in [1.165, 1.54) is 14.2 Å². The van der Waals surface area contributed by atoms with Gasteiger partial charge in [-0.05, 0) is 43.7 Å². The van der Waals surface area contributed by atoms with Crippen molar-refractivity contribution in [2.24, 2.45) is 0 Å². The van der Waals surface area contributed by atoms with Gasteiger partial charge in [-0.2, -0.15) is 4.98 Å². The summed E-state index contributed by atoms with van der Waals surface area (Å²) >= 11 is 6.40. The minimum Gasteiger partial charge on any atom is -0.496 e. The lowest BCUT2D eigenvalue weighted by atomic mass is 10.1. The number of carbonyl (C=O) groups is 1. The molecule has 158 valence electrons. The summed E-state index contributed by atoms with van der Waals surface area (Å²) in [4.78, 5) is 20.8. The normalized spacial score (nSPS) is 10.9. The maximum Gasteiger partial charge on any atom is 0.341 e. The van der Waals surface area contributed by atoms with E-state index in [0.29, 0.717) is 33.4 Å². The van der Waals surface area contributed by atoms with Crippen LogP contribution >= 0.6 is 11.6 Å². The van der Waals surface area contributed by atoms with Crippen LogP contribution in [0.5, 0.6) is 5.75 Å². The first kappa shape index (κ1) is 20.6. The molecule has 0 atom stereocenters. The van der Waals surface area contributed by atoms with Crippen molar-refractivity contribution in [1.29, 1.82) is 0 Å². The lowest BCUT2D eigenvalue weighted by Crippen LogP contribution is -2.04. The number of esters is 1. The van der Waals surface area contributed by atoms with Gasteiger partial charge in [0.2, 0.25) is 5.82 Å². The number of hydrogen-bond acceptors (Lipinski definition) is 7. The van der Waals surface area contributed by atoms with E-state index in [1.807, 2.05) is 36.6 Å². The molecular weight excluding hydrogens is 420 g/mol. The fourth-order valence-electron chi connectivity index (χ4n) is 3.32. The van der Waals surface area contributed by atoms with Gasteiger partial charge in [0.05, 0.1) is 30.6 Å². The van der Waals surface area contributed by atoms with Gasteiger partial charge in [0.1, 0.15) is 23.3 Å². The lowest BCUT2D eigenvalue weighted by molar-refractivity contribution is 0.0597. The Bertz CT molecular complexity index is 1260. The van der Waals surface area contributed by atoms with Gasteiger partial charge in [0, 0.05) is 5.56 Å². The molecule has 2 aromatic heterocycles. The summed E-state index contributed by atoms with van der Waals surface area (Å²) in [5.41, 5.74) is 4.16. The van der Waals surface area contributed by atoms with Crippen LogP contribution in [0.3, 0.4) is 0 Å². The molecule has 2 aromatic carbocycles. The third-order valence-corrected chi connectivity index (χ3v) is 5.23. The fraction of sp³-hybridized carbons (Fsp3) is 0.182. The number of hydrogen-bond donors (Lipinski definition) is 0. The number of benzene rings is 2. The van der Waals surface area contributed by atoms with Crippen molar-refractivity contribution < 1.29 is 18.8 Å². The zero-order valence-electron chi connectivity index (χ0n) is 17.3. The van der Waals surface area contributed by atoms with Gasteiger partial charge in [0.15, 0.2) is 0 Å². The van der Waals surface area contributed by atoms with E-state index in [9.17, 15) is 4.79 Å². The summed E-state index contributed by atoms with van der Waals surface area (Å²) in [5, 5.41) is 4.68. The number of imidazole rings is 1. The van der Waals surface area contributed by atoms with Crippen LogP contribution in [0, 0.1) is 13.8 Å². The second-order valence-corrected chi connectivity index (χ2v) is 7.19. The van der Waals surface area contributed by atoms with Crippen LogP contribution < -0.4 is 4.74 Å². The zero-order valence-corrected chi connectivity index (χ0v) is 18.1. The molecule has 0 N–H and O–H groups in total. The molecule has 2 heterocycles. The molecule has 31 heavy (non-hydrogen) atoms. The summed E-state index contributed by atoms with van der Waals surface area (Å²) in [6.07, 6.45) is 1.68. The van der Waals surface area contributed by atoms with Gasteiger partial charge >= 0.3 is 5.97 Å². The predicted octanol–water partition coefficient (Wildman–Crippen LogP) is 4.65. The molecule has 0 radical (unpaired) electrons. The lowest BCUT2D eigenvalue weighted by Gasteiger charge is -2.10. The van der Waals surface area contributed by atoms with Gasteiger partial charge in [0.25, 0.3) is 5.89 Å². The standard InChI is InChI=1S/C22H19ClN4O4/c1-12-6-5-7-16(23)19(12)27-11-24-18(13(27)2)21-25-20(26-31-21)14-8-9-15(22(28)30-4)17(10-14)29-3/h5-11H,1-4H3. The molecule has 0 spiro atoms. The van der Waals surface area contributed by atoms with Crippen molar-refractivity contribution in [2.75, 3.05) is 14.2 Å². The van der Waals surface area contributed by atoms with Crippen LogP contribution in [0.2, 0.25) is 5.02 Å². The van der Waals surface area contributed by atoms with Crippen LogP contribution in [-0.4, -0.2) is 39.9 Å². The molecule has 4 aromatic rings. The van der Waals surface area contributed by atoms with Crippen molar-refractivity contribution in [3.05, 3.63) is 64.6 Å². The first-order chi connectivity index (χ1) is 14.9. The Kier molecular flexibility index (Phi) is 5.48. The molecule has 8 nitrogen and oxygen atoms in total. The van der Waals surface area contributed by atoms with Crippen molar-refractivity contribution in [3.8, 4) is 34.4 Å². The number of carbonyl (C=O) groups excluding carboxylic acids is 1. The van der Waals surface area contributed by atoms with E-state index in [2.05, 4.69) is 15.1 Å². The SMILES string of the molecule is COC(=O)c1ccc(-c2noc(-c3ncn(-c4c(C)cccc4Cl)c3C)n2)cc1OC. The first-order valence-electron chi connectivity index (χ1n) is 9.34. The highest BCUT2D eigenvalue weighted by atomic mass is 35.5. The average molecular weight is 439 g/mol. The summed E-state index contributed by atoms with van der Waals surface area (Å²) in [6.45, 7) is 3.89. The summed E-state index contributed by atoms with van der Waals surface area (Å²) in [6, 6.07) is 10.7. The van der Waals surface area contributed by atoms with Crippen molar-refractivity contribution in [1.82, 2.24) is 19.7 Å². The summed E-state index contributed by atoms with van der Waals surface area (Å²) in [7, 11) is 2.78. The van der Waals surface area contributed by atoms with E-state index in [0.717, 1.165) is 16.9 Å². The Hall–Kier alpha value is -3.65. The number of methoxy groups -OCH3 is 2. The van der Waals surface area contributed by atoms with E-state index >= 15 is 0 Å². The van der Waals surface area contributed by atoms with Crippen LogP contribution in [0.1, 0.15) is 21.6 Å². The number of para-hydroxylation sites is 1. The topological polar surface area (TPSA) is 92.3 Å². The molecule has 0 amide bonds. The molecule has 0 fully saturated rings. The average Bonchev–Trinajstić information content (AvgIpc) is 3.40. The highest BCUT2D eigenvalue weighted by molar-refractivity contribution is 6.32. The zero-order chi connectivity index (χ0) is 22.1. The van der Waals surface area contributed by atoms with Gasteiger partial charge in [-0.15, -0.1) is 0 Å². The third-order valence-electron chi connectivity index (χ3n) is 4.93. The molecule has 9 heteroatoms. The van der Waals surface area contributed by atoms with E-state index in [4.69, 9.17) is 25.6 Å². The van der Waals surface area contributed by atoms with E-state index in [1.54, 1.807) is 24.5 Å². The number of halogens is 1. The van der Waals surface area contributed by atoms with Gasteiger partial charge < -0.3 is 18.6 Å². The maximum absolute atomic E-state index is 11.9. The smallest absolute Gasteiger partial charge is 0.341 e. The molecule has 0 aliphatic heterocycles. The third kappa shape index (κ3) is 3.66. The largest absolute Gasteiger partial charge is 0.496 e. The van der Waals surface area contributed by atoms with Gasteiger partial charge in [-0.25, -0.2) is 9.78 Å². The molecule has 0 aliphatic rings. The minimum absolute atomic E-state index is 0.270. The first-order valence-corrected chi connectivity index (χ1v) is 9.72. The van der Waals surface area contributed by atoms with Gasteiger partial charge in [-0.1, -0.05) is 28.9 Å². The van der Waals surface area contributed by atoms with E-state index in [-0.39, 0.29) is 5.89 Å². The monoisotopic (exact) mass is 438 g/mol. The molecule has 0 saturated heterocycles. The van der Waals surface area contributed by atoms with Crippen LogP contribution in [0.4, 0.5) is 0 Å². The molecule has 4 rings (SSSR count). The van der Waals surface area contributed by atoms with Crippen molar-refractivity contribution in [3.63, 3.8) is 0 Å². The number of nitrogens with zero attached hydrogens (tertiary/aromatic N) is 4. The molecule has 0 bridgehead atoms. The Labute approximate surface area is 183 Å². The molecule has 0 saturated carbocycles. The number of aryl methyl sites for hydroxylation is 1. The molecular formula is C22H19ClN4O4. The maximum atomic E-state index is 11.9. The second kappa shape index (κ2) is 8.23. The number of rotatable bonds is 5.